The fourth-order valence-corrected chi connectivity index (χ4v) is 12.0. The molecule has 2 bridgehead atoms. The predicted molar refractivity (Wildman–Crippen MR) is 192 cm³/mol. The highest BCUT2D eigenvalue weighted by Gasteiger charge is 2.74. The number of urea groups is 1. The number of hydrogen-bond donors (Lipinski definition) is 3. The van der Waals surface area contributed by atoms with Gasteiger partial charge in [-0.1, -0.05) is 32.1 Å². The molecule has 3 saturated carbocycles. The van der Waals surface area contributed by atoms with Gasteiger partial charge in [0.05, 0.1) is 30.2 Å². The summed E-state index contributed by atoms with van der Waals surface area (Å²) in [7, 11) is 3.27. The second-order valence-electron chi connectivity index (χ2n) is 16.0. The van der Waals surface area contributed by atoms with Crippen LogP contribution < -0.4 is 10.1 Å². The van der Waals surface area contributed by atoms with Crippen molar-refractivity contribution in [2.45, 2.75) is 83.8 Å². The Hall–Kier alpha value is -2.98. The van der Waals surface area contributed by atoms with Crippen molar-refractivity contribution in [1.82, 2.24) is 4.90 Å². The molecule has 0 radical (unpaired) electrons. The Morgan fingerprint density at radius 3 is 2.39 bits per heavy atom. The van der Waals surface area contributed by atoms with Gasteiger partial charge in [-0.2, -0.15) is 0 Å². The fraction of sp³-hybridized carbons (Fsp3) is 0.600. The van der Waals surface area contributed by atoms with E-state index in [4.69, 9.17) is 9.47 Å². The molecular weight excluding hydrogens is 637 g/mol. The van der Waals surface area contributed by atoms with Gasteiger partial charge in [-0.15, -0.1) is 11.3 Å². The molecule has 2 aromatic rings. The van der Waals surface area contributed by atoms with Crippen LogP contribution in [-0.4, -0.2) is 72.5 Å². The maximum absolute atomic E-state index is 14.7. The Morgan fingerprint density at radius 2 is 1.69 bits per heavy atom. The molecule has 3 fully saturated rings. The Balaban J connectivity index is 1.25. The van der Waals surface area contributed by atoms with E-state index in [1.807, 2.05) is 43.3 Å². The molecule has 9 heteroatoms. The molecular formula is C40H52N2O6S. The van der Waals surface area contributed by atoms with E-state index in [-0.39, 0.29) is 41.0 Å². The quantitative estimate of drug-likeness (QED) is 0.136. The Kier molecular flexibility index (Phi) is 8.69. The lowest BCUT2D eigenvalue weighted by molar-refractivity contribution is -0.174. The van der Waals surface area contributed by atoms with E-state index in [0.29, 0.717) is 43.9 Å². The summed E-state index contributed by atoms with van der Waals surface area (Å²) in [6, 6.07) is 11.0. The van der Waals surface area contributed by atoms with E-state index in [0.717, 1.165) is 47.4 Å². The minimum atomic E-state index is -1.15. The topological polar surface area (TPSA) is 108 Å². The number of ketones is 1. The van der Waals surface area contributed by atoms with Crippen LogP contribution >= 0.6 is 11.3 Å². The van der Waals surface area contributed by atoms with Gasteiger partial charge < -0.3 is 29.9 Å². The molecule has 8 nitrogen and oxygen atoms in total. The number of amides is 2. The van der Waals surface area contributed by atoms with Gasteiger partial charge in [0.15, 0.2) is 5.78 Å². The van der Waals surface area contributed by atoms with Gasteiger partial charge in [-0.05, 0) is 112 Å². The van der Waals surface area contributed by atoms with Crippen LogP contribution in [0.15, 0.2) is 60.2 Å². The van der Waals surface area contributed by atoms with Crippen LogP contribution in [0.5, 0.6) is 5.75 Å². The lowest BCUT2D eigenvalue weighted by atomic mass is 9.32. The van der Waals surface area contributed by atoms with Crippen LogP contribution in [0.2, 0.25) is 0 Å². The van der Waals surface area contributed by atoms with E-state index >= 15 is 0 Å². The summed E-state index contributed by atoms with van der Waals surface area (Å²) in [5.41, 5.74) is -1.16. The SMILES string of the molecule is COCCCN(C[C@]1(O)CC[C@H]2[C@]34C=C[C@@]5(C=C3C(=O)c3ccc(C)s3)CC(O)CC[C@]5(C)[C@H]4CC[C@@]21C)C(=O)Nc1ccc(OC)cc1. The third-order valence-corrected chi connectivity index (χ3v) is 14.8. The number of thiophene rings is 1. The van der Waals surface area contributed by atoms with Crippen molar-refractivity contribution < 1.29 is 29.3 Å². The first-order chi connectivity index (χ1) is 23.3. The van der Waals surface area contributed by atoms with Crippen LogP contribution in [0.3, 0.4) is 0 Å². The van der Waals surface area contributed by atoms with Crippen molar-refractivity contribution in [3.63, 3.8) is 0 Å². The number of hydrogen-bond acceptors (Lipinski definition) is 7. The van der Waals surface area contributed by atoms with Gasteiger partial charge in [0.2, 0.25) is 0 Å². The van der Waals surface area contributed by atoms with Crippen LogP contribution in [0, 0.1) is 40.4 Å². The maximum Gasteiger partial charge on any atom is 0.321 e. The third-order valence-electron chi connectivity index (χ3n) is 13.8. The van der Waals surface area contributed by atoms with Gasteiger partial charge >= 0.3 is 6.03 Å². The summed E-state index contributed by atoms with van der Waals surface area (Å²) in [6.07, 6.45) is 12.5. The maximum atomic E-state index is 14.7. The molecule has 2 amide bonds. The summed E-state index contributed by atoms with van der Waals surface area (Å²) < 4.78 is 10.6. The van der Waals surface area contributed by atoms with Gasteiger partial charge in [-0.3, -0.25) is 4.79 Å². The van der Waals surface area contributed by atoms with Crippen LogP contribution in [0.1, 0.15) is 79.8 Å². The molecule has 1 unspecified atom stereocenters. The van der Waals surface area contributed by atoms with E-state index in [1.165, 1.54) is 0 Å². The highest BCUT2D eigenvalue weighted by Crippen LogP contribution is 2.78. The first-order valence-electron chi connectivity index (χ1n) is 18.0. The molecule has 8 atom stereocenters. The number of aliphatic hydroxyl groups is 2. The second-order valence-corrected chi connectivity index (χ2v) is 17.3. The first kappa shape index (κ1) is 34.5. The molecule has 6 aliphatic carbocycles. The van der Waals surface area contributed by atoms with E-state index in [9.17, 15) is 19.8 Å². The van der Waals surface area contributed by atoms with Gasteiger partial charge in [0, 0.05) is 52.6 Å². The van der Waals surface area contributed by atoms with Crippen LogP contribution in [0.4, 0.5) is 10.5 Å². The number of rotatable bonds is 10. The zero-order valence-corrected chi connectivity index (χ0v) is 30.4. The molecule has 8 rings (SSSR count). The second kappa shape index (κ2) is 12.4. The number of benzene rings is 1. The Bertz CT molecular complexity index is 1670. The van der Waals surface area contributed by atoms with Gasteiger partial charge in [-0.25, -0.2) is 4.79 Å². The number of Topliss-reactive ketones (excluding diaryl/α,β-unsaturated/α-hetero) is 1. The number of anilines is 1. The van der Waals surface area contributed by atoms with Crippen molar-refractivity contribution >= 4 is 28.8 Å². The predicted octanol–water partition coefficient (Wildman–Crippen LogP) is 7.41. The average Bonchev–Trinajstić information content (AvgIpc) is 3.64. The van der Waals surface area contributed by atoms with Crippen molar-refractivity contribution in [1.29, 1.82) is 0 Å². The number of carbonyl (C=O) groups excluding carboxylic acids is 2. The van der Waals surface area contributed by atoms with E-state index in [1.54, 1.807) is 30.5 Å². The lowest BCUT2D eigenvalue weighted by Crippen LogP contribution is -2.67. The summed E-state index contributed by atoms with van der Waals surface area (Å²) in [5, 5.41) is 26.9. The molecule has 264 valence electrons. The number of allylic oxidation sites excluding steroid dienone is 4. The summed E-state index contributed by atoms with van der Waals surface area (Å²) in [5.74, 6) is 1.04. The molecule has 0 saturated heterocycles. The molecule has 2 spiro atoms. The number of nitrogens with one attached hydrogen (secondary N) is 1. The summed E-state index contributed by atoms with van der Waals surface area (Å²) in [6.45, 7) is 7.80. The minimum absolute atomic E-state index is 0.0173. The standard InChI is InChI=1S/C40H52N2O6S/c1-26-7-12-31(49-26)34(44)30-24-38-19-20-40(30)32(36(38,2)16-13-28(43)23-38)14-17-37(3)33(40)15-18-39(37,46)25-42(21-6-22-47-4)35(45)41-27-8-10-29(48-5)11-9-27/h7-12,19-20,24,28,32-33,43,46H,6,13-18,21-23,25H2,1-5H3,(H,41,45)/t28?,32-,33-,36-,37+,38+,39-,40-/m1/s1. The zero-order valence-electron chi connectivity index (χ0n) is 29.6. The highest BCUT2D eigenvalue weighted by molar-refractivity contribution is 7.14. The van der Waals surface area contributed by atoms with Gasteiger partial charge in [0.1, 0.15) is 5.75 Å². The monoisotopic (exact) mass is 688 g/mol. The molecule has 49 heavy (non-hydrogen) atoms. The van der Waals surface area contributed by atoms with Crippen molar-refractivity contribution in [3.05, 3.63) is 70.0 Å². The molecule has 1 heterocycles. The number of nitrogens with zero attached hydrogens (tertiary/aromatic N) is 1. The Labute approximate surface area is 294 Å². The first-order valence-corrected chi connectivity index (χ1v) is 18.8. The molecule has 6 aliphatic rings. The van der Waals surface area contributed by atoms with E-state index < -0.39 is 22.5 Å². The van der Waals surface area contributed by atoms with Crippen molar-refractivity contribution in [2.75, 3.05) is 39.2 Å². The lowest BCUT2D eigenvalue weighted by Gasteiger charge is -2.71. The number of aryl methyl sites for hydroxylation is 1. The third kappa shape index (κ3) is 5.16. The molecule has 0 aliphatic heterocycles. The number of carbonyl (C=O) groups is 2. The normalized spacial score (nSPS) is 37.1. The number of ether oxygens (including phenoxy) is 2. The van der Waals surface area contributed by atoms with Crippen LogP contribution in [0.25, 0.3) is 0 Å². The number of methoxy groups -OCH3 is 2. The molecule has 1 aromatic heterocycles. The summed E-state index contributed by atoms with van der Waals surface area (Å²) in [4.78, 5) is 32.2. The summed E-state index contributed by atoms with van der Waals surface area (Å²) >= 11 is 1.55. The molecule has 3 N–H and O–H groups in total. The number of fused-ring (bicyclic) bond motifs is 1. The molecule has 1 aromatic carbocycles. The number of aliphatic hydroxyl groups excluding tert-OH is 1. The van der Waals surface area contributed by atoms with E-state index in [2.05, 4.69) is 37.4 Å². The average molecular weight is 689 g/mol. The Morgan fingerprint density at radius 1 is 0.980 bits per heavy atom. The minimum Gasteiger partial charge on any atom is -0.497 e. The zero-order chi connectivity index (χ0) is 34.8. The van der Waals surface area contributed by atoms with Crippen molar-refractivity contribution in [2.24, 2.45) is 33.5 Å². The largest absolute Gasteiger partial charge is 0.497 e. The van der Waals surface area contributed by atoms with Gasteiger partial charge in [0.25, 0.3) is 0 Å². The highest BCUT2D eigenvalue weighted by atomic mass is 32.1. The fourth-order valence-electron chi connectivity index (χ4n) is 11.1. The van der Waals surface area contributed by atoms with Crippen molar-refractivity contribution in [3.8, 4) is 5.75 Å². The van der Waals surface area contributed by atoms with Crippen LogP contribution in [-0.2, 0) is 4.74 Å². The smallest absolute Gasteiger partial charge is 0.321 e.